The summed E-state index contributed by atoms with van der Waals surface area (Å²) in [6.45, 7) is 1.97. The van der Waals surface area contributed by atoms with Crippen LogP contribution in [0.25, 0.3) is 11.4 Å². The van der Waals surface area contributed by atoms with Crippen molar-refractivity contribution in [2.24, 2.45) is 5.73 Å². The molecule has 0 aliphatic carbocycles. The van der Waals surface area contributed by atoms with Crippen molar-refractivity contribution in [3.8, 4) is 22.9 Å². The number of benzene rings is 1. The predicted molar refractivity (Wildman–Crippen MR) is 99.5 cm³/mol. The Kier molecular flexibility index (Phi) is 3.54. The molecule has 0 fully saturated rings. The van der Waals surface area contributed by atoms with Gasteiger partial charge in [-0.25, -0.2) is 4.68 Å². The summed E-state index contributed by atoms with van der Waals surface area (Å²) < 4.78 is 12.5. The maximum atomic E-state index is 12.3. The van der Waals surface area contributed by atoms with Gasteiger partial charge in [0.2, 0.25) is 18.6 Å². The molecule has 140 valence electrons. The van der Waals surface area contributed by atoms with Crippen molar-refractivity contribution in [1.82, 2.24) is 19.7 Å². The minimum Gasteiger partial charge on any atom is -0.454 e. The largest absolute Gasteiger partial charge is 0.454 e. The second kappa shape index (κ2) is 6.08. The van der Waals surface area contributed by atoms with Crippen LogP contribution in [0.3, 0.4) is 0 Å². The van der Waals surface area contributed by atoms with Gasteiger partial charge in [0.05, 0.1) is 5.57 Å². The molecule has 1 unspecified atom stereocenters. The average Bonchev–Trinajstić information content (AvgIpc) is 3.33. The predicted octanol–water partition coefficient (Wildman–Crippen LogP) is 1.84. The number of fused-ring (bicyclic) bond motifs is 2. The molecule has 2 aliphatic heterocycles. The summed E-state index contributed by atoms with van der Waals surface area (Å²) in [5.41, 5.74) is 8.38. The summed E-state index contributed by atoms with van der Waals surface area (Å²) in [6, 6.07) is 8.64. The summed E-state index contributed by atoms with van der Waals surface area (Å²) in [7, 11) is 0. The van der Waals surface area contributed by atoms with Crippen LogP contribution in [-0.2, 0) is 4.79 Å². The fourth-order valence-corrected chi connectivity index (χ4v) is 3.48. The molecular formula is C19H16N6O3. The molecule has 0 saturated heterocycles. The highest BCUT2D eigenvalue weighted by Crippen LogP contribution is 2.40. The Morgan fingerprint density at radius 2 is 2.00 bits per heavy atom. The molecule has 9 nitrogen and oxygen atoms in total. The molecule has 2 aliphatic rings. The monoisotopic (exact) mass is 376 g/mol. The van der Waals surface area contributed by atoms with E-state index in [1.807, 2.05) is 30.3 Å². The Labute approximate surface area is 159 Å². The van der Waals surface area contributed by atoms with Crippen molar-refractivity contribution in [3.05, 3.63) is 59.6 Å². The molecule has 9 heteroatoms. The van der Waals surface area contributed by atoms with Crippen LogP contribution in [0.4, 0.5) is 5.95 Å². The molecule has 1 amide bonds. The number of nitrogens with zero attached hydrogens (tertiary/aromatic N) is 4. The van der Waals surface area contributed by atoms with Gasteiger partial charge in [-0.15, -0.1) is 5.10 Å². The van der Waals surface area contributed by atoms with E-state index >= 15 is 0 Å². The number of amides is 1. The van der Waals surface area contributed by atoms with E-state index in [9.17, 15) is 4.79 Å². The molecule has 1 aromatic carbocycles. The lowest BCUT2D eigenvalue weighted by Gasteiger charge is -2.27. The molecule has 0 radical (unpaired) electrons. The van der Waals surface area contributed by atoms with Gasteiger partial charge < -0.3 is 20.5 Å². The van der Waals surface area contributed by atoms with Gasteiger partial charge in [-0.2, -0.15) is 4.98 Å². The molecule has 3 N–H and O–H groups in total. The van der Waals surface area contributed by atoms with Gasteiger partial charge in [0, 0.05) is 23.7 Å². The quantitative estimate of drug-likeness (QED) is 0.716. The number of nitrogens with one attached hydrogen (secondary N) is 1. The van der Waals surface area contributed by atoms with Crippen LogP contribution in [0, 0.1) is 0 Å². The SMILES string of the molecule is CC1=C(C(N)=O)C(c2ccc3c(c2)OCO3)n2nc(-c3ccncc3)nc2N1. The van der Waals surface area contributed by atoms with E-state index in [4.69, 9.17) is 15.2 Å². The van der Waals surface area contributed by atoms with Crippen LogP contribution >= 0.6 is 0 Å². The van der Waals surface area contributed by atoms with Gasteiger partial charge in [0.15, 0.2) is 17.3 Å². The van der Waals surface area contributed by atoms with Crippen molar-refractivity contribution < 1.29 is 14.3 Å². The number of ether oxygens (including phenoxy) is 2. The van der Waals surface area contributed by atoms with Crippen LogP contribution in [0.2, 0.25) is 0 Å². The molecule has 28 heavy (non-hydrogen) atoms. The van der Waals surface area contributed by atoms with Crippen molar-refractivity contribution in [1.29, 1.82) is 0 Å². The third kappa shape index (κ3) is 2.48. The van der Waals surface area contributed by atoms with Crippen LogP contribution < -0.4 is 20.5 Å². The molecule has 0 spiro atoms. The van der Waals surface area contributed by atoms with E-state index in [1.165, 1.54) is 0 Å². The van der Waals surface area contributed by atoms with Gasteiger partial charge in [-0.3, -0.25) is 9.78 Å². The highest BCUT2D eigenvalue weighted by molar-refractivity contribution is 5.95. The number of pyridine rings is 1. The number of aromatic nitrogens is 4. The summed E-state index contributed by atoms with van der Waals surface area (Å²) in [6.07, 6.45) is 3.35. The van der Waals surface area contributed by atoms with E-state index in [2.05, 4.69) is 20.4 Å². The average molecular weight is 376 g/mol. The Balaban J connectivity index is 1.67. The van der Waals surface area contributed by atoms with E-state index in [0.29, 0.717) is 34.5 Å². The van der Waals surface area contributed by atoms with Crippen molar-refractivity contribution in [2.45, 2.75) is 13.0 Å². The van der Waals surface area contributed by atoms with Crippen LogP contribution in [0.1, 0.15) is 18.5 Å². The molecule has 0 bridgehead atoms. The zero-order valence-electron chi connectivity index (χ0n) is 14.9. The molecule has 5 rings (SSSR count). The fourth-order valence-electron chi connectivity index (χ4n) is 3.48. The Bertz CT molecular complexity index is 1120. The molecule has 3 aromatic rings. The first kappa shape index (κ1) is 16.3. The second-order valence-corrected chi connectivity index (χ2v) is 6.48. The zero-order valence-corrected chi connectivity index (χ0v) is 14.9. The van der Waals surface area contributed by atoms with Crippen LogP contribution in [-0.4, -0.2) is 32.4 Å². The Morgan fingerprint density at radius 1 is 1.21 bits per heavy atom. The number of nitrogens with two attached hydrogens (primary N) is 1. The maximum Gasteiger partial charge on any atom is 0.248 e. The third-order valence-corrected chi connectivity index (χ3v) is 4.77. The van der Waals surface area contributed by atoms with Gasteiger partial charge in [0.25, 0.3) is 0 Å². The molecule has 2 aromatic heterocycles. The fraction of sp³-hybridized carbons (Fsp3) is 0.158. The number of carbonyl (C=O) groups is 1. The van der Waals surface area contributed by atoms with Gasteiger partial charge in [-0.1, -0.05) is 6.07 Å². The number of hydrogen-bond acceptors (Lipinski definition) is 7. The van der Waals surface area contributed by atoms with Gasteiger partial charge in [0.1, 0.15) is 6.04 Å². The maximum absolute atomic E-state index is 12.3. The summed E-state index contributed by atoms with van der Waals surface area (Å²) in [4.78, 5) is 20.9. The van der Waals surface area contributed by atoms with Crippen molar-refractivity contribution in [3.63, 3.8) is 0 Å². The van der Waals surface area contributed by atoms with Gasteiger partial charge >= 0.3 is 0 Å². The molecular weight excluding hydrogens is 360 g/mol. The smallest absolute Gasteiger partial charge is 0.248 e. The Morgan fingerprint density at radius 3 is 2.79 bits per heavy atom. The number of rotatable bonds is 3. The summed E-state index contributed by atoms with van der Waals surface area (Å²) in [5.74, 6) is 1.80. The third-order valence-electron chi connectivity index (χ3n) is 4.77. The Hall–Kier alpha value is -3.88. The van der Waals surface area contributed by atoms with E-state index in [-0.39, 0.29) is 6.79 Å². The first-order valence-electron chi connectivity index (χ1n) is 8.66. The lowest BCUT2D eigenvalue weighted by molar-refractivity contribution is -0.115. The second-order valence-electron chi connectivity index (χ2n) is 6.48. The number of carbonyl (C=O) groups excluding carboxylic acids is 1. The zero-order chi connectivity index (χ0) is 19.3. The van der Waals surface area contributed by atoms with Crippen LogP contribution in [0.15, 0.2) is 54.0 Å². The first-order valence-corrected chi connectivity index (χ1v) is 8.66. The van der Waals surface area contributed by atoms with E-state index in [0.717, 1.165) is 11.1 Å². The molecule has 1 atom stereocenters. The minimum absolute atomic E-state index is 0.170. The van der Waals surface area contributed by atoms with Gasteiger partial charge in [-0.05, 0) is 36.8 Å². The van der Waals surface area contributed by atoms with E-state index in [1.54, 1.807) is 24.0 Å². The van der Waals surface area contributed by atoms with Crippen molar-refractivity contribution >= 4 is 11.9 Å². The summed E-state index contributed by atoms with van der Waals surface area (Å²) in [5, 5.41) is 7.77. The summed E-state index contributed by atoms with van der Waals surface area (Å²) >= 11 is 0. The van der Waals surface area contributed by atoms with E-state index < -0.39 is 11.9 Å². The number of hydrogen-bond donors (Lipinski definition) is 2. The molecule has 0 saturated carbocycles. The number of primary amides is 1. The standard InChI is InChI=1S/C19H16N6O3/c1-10-15(17(20)26)16(12-2-3-13-14(8-12)28-9-27-13)25-19(22-10)23-18(24-25)11-4-6-21-7-5-11/h2-8,16H,9H2,1H3,(H2,20,26)(H,22,23,24). The van der Waals surface area contributed by atoms with Crippen molar-refractivity contribution in [2.75, 3.05) is 12.1 Å². The number of allylic oxidation sites excluding steroid dienone is 1. The molecule has 4 heterocycles. The topological polar surface area (TPSA) is 117 Å². The first-order chi connectivity index (χ1) is 13.6. The minimum atomic E-state index is -0.536. The highest BCUT2D eigenvalue weighted by Gasteiger charge is 2.34. The highest BCUT2D eigenvalue weighted by atomic mass is 16.7. The lowest BCUT2D eigenvalue weighted by atomic mass is 9.95. The lowest BCUT2D eigenvalue weighted by Crippen LogP contribution is -2.31. The normalized spacial score (nSPS) is 17.2. The number of anilines is 1. The van der Waals surface area contributed by atoms with Crippen LogP contribution in [0.5, 0.6) is 11.5 Å².